The van der Waals surface area contributed by atoms with Crippen LogP contribution in [0.15, 0.2) is 48.5 Å². The van der Waals surface area contributed by atoms with Crippen molar-refractivity contribution >= 4 is 5.91 Å². The van der Waals surface area contributed by atoms with E-state index < -0.39 is 0 Å². The highest BCUT2D eigenvalue weighted by Gasteiger charge is 2.15. The molecule has 112 valence electrons. The van der Waals surface area contributed by atoms with E-state index in [1.165, 1.54) is 0 Å². The highest BCUT2D eigenvalue weighted by Crippen LogP contribution is 2.26. The molecule has 4 nitrogen and oxygen atoms in total. The summed E-state index contributed by atoms with van der Waals surface area (Å²) in [5, 5.41) is 21.1. The van der Waals surface area contributed by atoms with Crippen molar-refractivity contribution in [1.29, 1.82) is 5.26 Å². The maximum atomic E-state index is 12.4. The summed E-state index contributed by atoms with van der Waals surface area (Å²) in [6.45, 7) is 2.29. The van der Waals surface area contributed by atoms with Crippen LogP contribution in [0.5, 0.6) is 0 Å². The first kappa shape index (κ1) is 15.7. The van der Waals surface area contributed by atoms with E-state index in [2.05, 4.69) is 11.4 Å². The Balaban J connectivity index is 2.35. The lowest BCUT2D eigenvalue weighted by atomic mass is 9.95. The SMILES string of the molecule is CC(CO)CNC(=O)c1ccccc1-c1ccccc1C#N. The van der Waals surface area contributed by atoms with Gasteiger partial charge in [0.1, 0.15) is 0 Å². The Morgan fingerprint density at radius 3 is 2.50 bits per heavy atom. The molecule has 0 heterocycles. The van der Waals surface area contributed by atoms with Crippen LogP contribution in [0.2, 0.25) is 0 Å². The van der Waals surface area contributed by atoms with Crippen LogP contribution in [0.25, 0.3) is 11.1 Å². The van der Waals surface area contributed by atoms with Crippen molar-refractivity contribution in [3.05, 3.63) is 59.7 Å². The topological polar surface area (TPSA) is 73.1 Å². The number of carbonyl (C=O) groups excluding carboxylic acids is 1. The van der Waals surface area contributed by atoms with Crippen molar-refractivity contribution in [3.8, 4) is 17.2 Å². The number of hydrogen-bond acceptors (Lipinski definition) is 3. The first-order valence-corrected chi connectivity index (χ1v) is 7.15. The number of nitriles is 1. The molecule has 2 aromatic carbocycles. The van der Waals surface area contributed by atoms with Crippen LogP contribution in [-0.2, 0) is 0 Å². The molecule has 0 aliphatic heterocycles. The average Bonchev–Trinajstić information content (AvgIpc) is 2.59. The van der Waals surface area contributed by atoms with Gasteiger partial charge < -0.3 is 10.4 Å². The molecule has 0 fully saturated rings. The number of benzene rings is 2. The van der Waals surface area contributed by atoms with E-state index in [9.17, 15) is 10.1 Å². The number of nitrogens with zero attached hydrogens (tertiary/aromatic N) is 1. The van der Waals surface area contributed by atoms with Crippen LogP contribution in [0.4, 0.5) is 0 Å². The standard InChI is InChI=1S/C18H18N2O2/c1-13(12-21)11-20-18(22)17-9-5-4-8-16(17)15-7-3-2-6-14(15)10-19/h2-9,13,21H,11-12H2,1H3,(H,20,22). The van der Waals surface area contributed by atoms with Crippen molar-refractivity contribution in [2.75, 3.05) is 13.2 Å². The van der Waals surface area contributed by atoms with E-state index >= 15 is 0 Å². The van der Waals surface area contributed by atoms with Crippen LogP contribution < -0.4 is 5.32 Å². The Labute approximate surface area is 130 Å². The van der Waals surface area contributed by atoms with E-state index in [1.54, 1.807) is 24.3 Å². The third kappa shape index (κ3) is 3.51. The van der Waals surface area contributed by atoms with Gasteiger partial charge >= 0.3 is 0 Å². The molecule has 1 unspecified atom stereocenters. The van der Waals surface area contributed by atoms with Crippen LogP contribution in [0.1, 0.15) is 22.8 Å². The van der Waals surface area contributed by atoms with Gasteiger partial charge in [0, 0.05) is 24.3 Å². The van der Waals surface area contributed by atoms with Crippen LogP contribution in [0.3, 0.4) is 0 Å². The fraction of sp³-hybridized carbons (Fsp3) is 0.222. The number of rotatable bonds is 5. The molecule has 4 heteroatoms. The fourth-order valence-corrected chi connectivity index (χ4v) is 2.16. The normalized spacial score (nSPS) is 11.5. The second-order valence-corrected chi connectivity index (χ2v) is 5.20. The maximum absolute atomic E-state index is 12.4. The molecule has 0 aliphatic rings. The Morgan fingerprint density at radius 1 is 1.18 bits per heavy atom. The molecule has 2 N–H and O–H groups in total. The molecular weight excluding hydrogens is 276 g/mol. The van der Waals surface area contributed by atoms with Gasteiger partial charge in [0.2, 0.25) is 0 Å². The van der Waals surface area contributed by atoms with E-state index in [4.69, 9.17) is 5.11 Å². The van der Waals surface area contributed by atoms with Gasteiger partial charge in [-0.2, -0.15) is 5.26 Å². The third-order valence-electron chi connectivity index (χ3n) is 3.43. The molecule has 0 spiro atoms. The van der Waals surface area contributed by atoms with Gasteiger partial charge in [0.25, 0.3) is 5.91 Å². The second kappa shape index (κ2) is 7.39. The van der Waals surface area contributed by atoms with Gasteiger partial charge in [-0.25, -0.2) is 0 Å². The average molecular weight is 294 g/mol. The summed E-state index contributed by atoms with van der Waals surface area (Å²) in [6.07, 6.45) is 0. The minimum absolute atomic E-state index is 0.00232. The molecular formula is C18H18N2O2. The summed E-state index contributed by atoms with van der Waals surface area (Å²) < 4.78 is 0. The molecule has 1 amide bonds. The zero-order valence-corrected chi connectivity index (χ0v) is 12.4. The van der Waals surface area contributed by atoms with Gasteiger partial charge in [0.15, 0.2) is 0 Å². The predicted octanol–water partition coefficient (Wildman–Crippen LogP) is 2.58. The molecule has 0 aliphatic carbocycles. The van der Waals surface area contributed by atoms with E-state index in [-0.39, 0.29) is 18.4 Å². The van der Waals surface area contributed by atoms with Gasteiger partial charge in [-0.05, 0) is 23.6 Å². The Kier molecular flexibility index (Phi) is 5.29. The fourth-order valence-electron chi connectivity index (χ4n) is 2.16. The third-order valence-corrected chi connectivity index (χ3v) is 3.43. The lowest BCUT2D eigenvalue weighted by molar-refractivity contribution is 0.0943. The summed E-state index contributed by atoms with van der Waals surface area (Å²) in [5.41, 5.74) is 2.53. The van der Waals surface area contributed by atoms with Crippen LogP contribution in [0, 0.1) is 17.2 Å². The van der Waals surface area contributed by atoms with Crippen molar-refractivity contribution in [2.24, 2.45) is 5.92 Å². The monoisotopic (exact) mass is 294 g/mol. The van der Waals surface area contributed by atoms with Crippen molar-refractivity contribution < 1.29 is 9.90 Å². The van der Waals surface area contributed by atoms with Crippen molar-refractivity contribution in [1.82, 2.24) is 5.32 Å². The number of amides is 1. The first-order chi connectivity index (χ1) is 10.7. The summed E-state index contributed by atoms with van der Waals surface area (Å²) in [4.78, 5) is 12.4. The Bertz CT molecular complexity index is 704. The van der Waals surface area contributed by atoms with Crippen LogP contribution >= 0.6 is 0 Å². The molecule has 0 saturated carbocycles. The zero-order valence-electron chi connectivity index (χ0n) is 12.4. The Hall–Kier alpha value is -2.64. The van der Waals surface area contributed by atoms with E-state index in [1.807, 2.05) is 31.2 Å². The Morgan fingerprint density at radius 2 is 1.82 bits per heavy atom. The van der Waals surface area contributed by atoms with Crippen molar-refractivity contribution in [2.45, 2.75) is 6.92 Å². The highest BCUT2D eigenvalue weighted by atomic mass is 16.3. The van der Waals surface area contributed by atoms with E-state index in [0.717, 1.165) is 11.1 Å². The molecule has 0 bridgehead atoms. The minimum atomic E-state index is -0.205. The molecule has 0 saturated heterocycles. The summed E-state index contributed by atoms with van der Waals surface area (Å²) in [5.74, 6) is -0.203. The number of aliphatic hydroxyl groups excluding tert-OH is 1. The lowest BCUT2D eigenvalue weighted by Crippen LogP contribution is -2.29. The molecule has 2 rings (SSSR count). The largest absolute Gasteiger partial charge is 0.396 e. The van der Waals surface area contributed by atoms with Gasteiger partial charge in [-0.3, -0.25) is 4.79 Å². The van der Waals surface area contributed by atoms with E-state index in [0.29, 0.717) is 17.7 Å². The number of nitrogens with one attached hydrogen (secondary N) is 1. The number of carbonyl (C=O) groups is 1. The van der Waals surface area contributed by atoms with Crippen molar-refractivity contribution in [3.63, 3.8) is 0 Å². The number of aliphatic hydroxyl groups is 1. The molecule has 2 aromatic rings. The molecule has 0 aromatic heterocycles. The molecule has 1 atom stereocenters. The maximum Gasteiger partial charge on any atom is 0.251 e. The smallest absolute Gasteiger partial charge is 0.251 e. The van der Waals surface area contributed by atoms with Gasteiger partial charge in [0.05, 0.1) is 11.6 Å². The quantitative estimate of drug-likeness (QED) is 0.890. The molecule has 0 radical (unpaired) electrons. The van der Waals surface area contributed by atoms with Crippen LogP contribution in [-0.4, -0.2) is 24.2 Å². The zero-order chi connectivity index (χ0) is 15.9. The minimum Gasteiger partial charge on any atom is -0.396 e. The summed E-state index contributed by atoms with van der Waals surface area (Å²) in [7, 11) is 0. The van der Waals surface area contributed by atoms with Gasteiger partial charge in [-0.1, -0.05) is 43.3 Å². The summed E-state index contributed by atoms with van der Waals surface area (Å²) >= 11 is 0. The second-order valence-electron chi connectivity index (χ2n) is 5.20. The van der Waals surface area contributed by atoms with Gasteiger partial charge in [-0.15, -0.1) is 0 Å². The predicted molar refractivity (Wildman–Crippen MR) is 85.2 cm³/mol. The lowest BCUT2D eigenvalue weighted by Gasteiger charge is -2.13. The highest BCUT2D eigenvalue weighted by molar-refractivity contribution is 6.01. The first-order valence-electron chi connectivity index (χ1n) is 7.15. The summed E-state index contributed by atoms with van der Waals surface area (Å²) in [6, 6.07) is 16.6. The number of hydrogen-bond donors (Lipinski definition) is 2. The molecule has 22 heavy (non-hydrogen) atoms.